The average molecular weight is 315 g/mol. The molecule has 3 rings (SSSR count). The summed E-state index contributed by atoms with van der Waals surface area (Å²) in [6.07, 6.45) is 3.15. The van der Waals surface area contributed by atoms with Gasteiger partial charge in [-0.25, -0.2) is 0 Å². The van der Waals surface area contributed by atoms with Crippen LogP contribution in [0.2, 0.25) is 0 Å². The highest BCUT2D eigenvalue weighted by Crippen LogP contribution is 2.41. The smallest absolute Gasteiger partial charge is 0.320 e. The van der Waals surface area contributed by atoms with Gasteiger partial charge in [0.2, 0.25) is 0 Å². The Morgan fingerprint density at radius 3 is 2.91 bits per heavy atom. The standard InChI is InChI=1S/C17H21N3O3/c1-11(2)23-16(21)13-9-19-10-17(3-5-22-6-4-17)14-7-12(8-18)20-15(13)14/h7,9,11,13,20H,3-6,10H2,1-2H3. The Morgan fingerprint density at radius 2 is 2.26 bits per heavy atom. The lowest BCUT2D eigenvalue weighted by Gasteiger charge is -2.35. The van der Waals surface area contributed by atoms with Crippen LogP contribution in [0.25, 0.3) is 0 Å². The Morgan fingerprint density at radius 1 is 1.52 bits per heavy atom. The first kappa shape index (κ1) is 15.8. The number of nitrogens with one attached hydrogen (secondary N) is 1. The molecule has 2 aliphatic heterocycles. The molecule has 23 heavy (non-hydrogen) atoms. The minimum atomic E-state index is -0.586. The maximum Gasteiger partial charge on any atom is 0.320 e. The van der Waals surface area contributed by atoms with Crippen molar-refractivity contribution in [2.24, 2.45) is 4.99 Å². The minimum absolute atomic E-state index is 0.164. The van der Waals surface area contributed by atoms with Crippen LogP contribution in [0.4, 0.5) is 0 Å². The molecule has 1 atom stereocenters. The number of esters is 1. The van der Waals surface area contributed by atoms with Gasteiger partial charge < -0.3 is 14.5 Å². The first-order valence-corrected chi connectivity index (χ1v) is 7.97. The van der Waals surface area contributed by atoms with Crippen molar-refractivity contribution < 1.29 is 14.3 Å². The molecule has 1 fully saturated rings. The molecular weight excluding hydrogens is 294 g/mol. The fourth-order valence-electron chi connectivity index (χ4n) is 3.38. The number of ether oxygens (including phenoxy) is 2. The fraction of sp³-hybridized carbons (Fsp3) is 0.588. The summed E-state index contributed by atoms with van der Waals surface area (Å²) in [7, 11) is 0. The van der Waals surface area contributed by atoms with Crippen LogP contribution < -0.4 is 0 Å². The second-order valence-corrected chi connectivity index (χ2v) is 6.47. The van der Waals surface area contributed by atoms with Crippen LogP contribution in [-0.4, -0.2) is 43.0 Å². The Kier molecular flexibility index (Phi) is 4.22. The zero-order valence-corrected chi connectivity index (χ0v) is 13.5. The molecule has 3 heterocycles. The Balaban J connectivity index is 2.05. The summed E-state index contributed by atoms with van der Waals surface area (Å²) in [5, 5.41) is 9.26. The second kappa shape index (κ2) is 6.17. The summed E-state index contributed by atoms with van der Waals surface area (Å²) >= 11 is 0. The Bertz CT molecular complexity index is 663. The molecule has 1 aromatic heterocycles. The van der Waals surface area contributed by atoms with E-state index in [0.29, 0.717) is 25.5 Å². The van der Waals surface area contributed by atoms with Crippen LogP contribution in [0.5, 0.6) is 0 Å². The van der Waals surface area contributed by atoms with E-state index in [4.69, 9.17) is 9.47 Å². The molecule has 1 unspecified atom stereocenters. The van der Waals surface area contributed by atoms with Gasteiger partial charge in [0.15, 0.2) is 0 Å². The molecule has 1 saturated heterocycles. The van der Waals surface area contributed by atoms with Crippen molar-refractivity contribution >= 4 is 12.2 Å². The highest BCUT2D eigenvalue weighted by molar-refractivity contribution is 5.96. The number of aromatic nitrogens is 1. The van der Waals surface area contributed by atoms with Gasteiger partial charge in [0.05, 0.1) is 6.10 Å². The molecule has 0 saturated carbocycles. The van der Waals surface area contributed by atoms with Gasteiger partial charge in [0.25, 0.3) is 0 Å². The van der Waals surface area contributed by atoms with Crippen molar-refractivity contribution in [2.75, 3.05) is 19.8 Å². The van der Waals surface area contributed by atoms with E-state index in [9.17, 15) is 10.1 Å². The number of carbonyl (C=O) groups excluding carboxylic acids is 1. The highest BCUT2D eigenvalue weighted by atomic mass is 16.5. The number of carbonyl (C=O) groups is 1. The van der Waals surface area contributed by atoms with E-state index in [1.165, 1.54) is 0 Å². The lowest BCUT2D eigenvalue weighted by atomic mass is 9.73. The third-order valence-electron chi connectivity index (χ3n) is 4.56. The van der Waals surface area contributed by atoms with Crippen molar-refractivity contribution in [1.82, 2.24) is 4.98 Å². The predicted molar refractivity (Wildman–Crippen MR) is 84.6 cm³/mol. The molecule has 1 spiro atoms. The van der Waals surface area contributed by atoms with Crippen molar-refractivity contribution in [3.63, 3.8) is 0 Å². The lowest BCUT2D eigenvalue weighted by molar-refractivity contribution is -0.147. The van der Waals surface area contributed by atoms with Crippen molar-refractivity contribution in [3.8, 4) is 6.07 Å². The van der Waals surface area contributed by atoms with Crippen LogP contribution in [0.3, 0.4) is 0 Å². The number of hydrogen-bond donors (Lipinski definition) is 1. The van der Waals surface area contributed by atoms with E-state index in [1.54, 1.807) is 6.21 Å². The monoisotopic (exact) mass is 315 g/mol. The highest BCUT2D eigenvalue weighted by Gasteiger charge is 2.41. The molecule has 6 heteroatoms. The molecule has 1 N–H and O–H groups in total. The molecule has 1 aromatic rings. The van der Waals surface area contributed by atoms with Crippen LogP contribution in [0.15, 0.2) is 11.1 Å². The summed E-state index contributed by atoms with van der Waals surface area (Å²) in [5.41, 5.74) is 2.07. The Labute approximate surface area is 135 Å². The first-order chi connectivity index (χ1) is 11.1. The number of nitriles is 1. The topological polar surface area (TPSA) is 87.5 Å². The van der Waals surface area contributed by atoms with Crippen LogP contribution in [0.1, 0.15) is 49.6 Å². The number of aromatic amines is 1. The minimum Gasteiger partial charge on any atom is -0.462 e. The molecule has 0 radical (unpaired) electrons. The molecule has 6 nitrogen and oxygen atoms in total. The Hall–Kier alpha value is -2.13. The average Bonchev–Trinajstić information content (AvgIpc) is 2.91. The van der Waals surface area contributed by atoms with E-state index in [1.807, 2.05) is 19.9 Å². The second-order valence-electron chi connectivity index (χ2n) is 6.47. The van der Waals surface area contributed by atoms with Gasteiger partial charge in [-0.15, -0.1) is 0 Å². The summed E-state index contributed by atoms with van der Waals surface area (Å²) in [5.74, 6) is -0.919. The number of nitrogens with zero attached hydrogens (tertiary/aromatic N) is 2. The quantitative estimate of drug-likeness (QED) is 0.846. The van der Waals surface area contributed by atoms with E-state index >= 15 is 0 Å². The number of hydrogen-bond acceptors (Lipinski definition) is 5. The van der Waals surface area contributed by atoms with Crippen LogP contribution in [-0.2, 0) is 19.7 Å². The number of aliphatic imine (C=N–C) groups is 1. The summed E-state index contributed by atoms with van der Waals surface area (Å²) < 4.78 is 10.9. The molecule has 0 aromatic carbocycles. The lowest BCUT2D eigenvalue weighted by Crippen LogP contribution is -2.36. The van der Waals surface area contributed by atoms with Gasteiger partial charge in [-0.2, -0.15) is 5.26 Å². The fourth-order valence-corrected chi connectivity index (χ4v) is 3.38. The maximum atomic E-state index is 12.5. The number of rotatable bonds is 2. The molecule has 122 valence electrons. The predicted octanol–water partition coefficient (Wildman–Crippen LogP) is 2.05. The van der Waals surface area contributed by atoms with Crippen molar-refractivity contribution in [1.29, 1.82) is 5.26 Å². The maximum absolute atomic E-state index is 12.5. The molecule has 0 amide bonds. The zero-order chi connectivity index (χ0) is 16.4. The van der Waals surface area contributed by atoms with Gasteiger partial charge in [0.1, 0.15) is 17.7 Å². The van der Waals surface area contributed by atoms with Crippen LogP contribution >= 0.6 is 0 Å². The van der Waals surface area contributed by atoms with E-state index in [2.05, 4.69) is 16.0 Å². The van der Waals surface area contributed by atoms with E-state index < -0.39 is 5.92 Å². The third-order valence-corrected chi connectivity index (χ3v) is 4.56. The normalized spacial score (nSPS) is 22.4. The molecular formula is C17H21N3O3. The van der Waals surface area contributed by atoms with Gasteiger partial charge in [-0.1, -0.05) is 0 Å². The zero-order valence-electron chi connectivity index (χ0n) is 13.5. The first-order valence-electron chi connectivity index (χ1n) is 7.97. The largest absolute Gasteiger partial charge is 0.462 e. The van der Waals surface area contributed by atoms with Crippen molar-refractivity contribution in [3.05, 3.63) is 23.0 Å². The van der Waals surface area contributed by atoms with Gasteiger partial charge in [0, 0.05) is 37.1 Å². The third kappa shape index (κ3) is 2.89. The molecule has 0 bridgehead atoms. The number of H-pyrrole nitrogens is 1. The van der Waals surface area contributed by atoms with Gasteiger partial charge in [-0.3, -0.25) is 9.79 Å². The summed E-state index contributed by atoms with van der Waals surface area (Å²) in [6.45, 7) is 5.59. The van der Waals surface area contributed by atoms with Gasteiger partial charge in [-0.05, 0) is 38.3 Å². The summed E-state index contributed by atoms with van der Waals surface area (Å²) in [6, 6.07) is 4.01. The summed E-state index contributed by atoms with van der Waals surface area (Å²) in [4.78, 5) is 20.1. The van der Waals surface area contributed by atoms with E-state index in [0.717, 1.165) is 24.1 Å². The number of fused-ring (bicyclic) bond motifs is 2. The van der Waals surface area contributed by atoms with Gasteiger partial charge >= 0.3 is 5.97 Å². The SMILES string of the molecule is CC(C)OC(=O)C1C=NCC2(CCOCC2)c2cc(C#N)[nH]c21. The molecule has 0 aliphatic carbocycles. The van der Waals surface area contributed by atoms with Crippen molar-refractivity contribution in [2.45, 2.75) is 44.1 Å². The van der Waals surface area contributed by atoms with E-state index in [-0.39, 0.29) is 17.5 Å². The molecule has 2 aliphatic rings. The van der Waals surface area contributed by atoms with Crippen LogP contribution in [0, 0.1) is 11.3 Å².